The number of hydrogen-bond acceptors (Lipinski definition) is 1. The van der Waals surface area contributed by atoms with Crippen molar-refractivity contribution in [2.45, 2.75) is 0 Å². The zero-order valence-corrected chi connectivity index (χ0v) is 32.1. The molecule has 0 aliphatic heterocycles. The normalized spacial score (nSPS) is 11.7. The van der Waals surface area contributed by atoms with Gasteiger partial charge in [0.05, 0.1) is 0 Å². The Balaban J connectivity index is 1.46. The van der Waals surface area contributed by atoms with Crippen molar-refractivity contribution in [2.24, 2.45) is 0 Å². The summed E-state index contributed by atoms with van der Waals surface area (Å²) in [6, 6.07) is 25.1. The highest BCUT2D eigenvalue weighted by atomic mass is 16.3. The zero-order chi connectivity index (χ0) is 42.8. The molecule has 1 heterocycles. The average Bonchev–Trinajstić information content (AvgIpc) is 3.65. The molecule has 0 amide bonds. The molecule has 0 aliphatic rings. The molecule has 8 aromatic carbocycles. The molecule has 0 saturated carbocycles. The van der Waals surface area contributed by atoms with E-state index in [4.69, 9.17) is 122 Å². The standard InChI is InChI=1S/C44H13B15O/c45-29-23(30(46)36(52)41(57)35(29)51)14-11-12-17-21(13-14)26(28-33(49)39(55)43(59)40(56)34(28)50)16-6-2-1-5-15(16)24(17)18-7-4-10-22-25(18)19-8-3-9-20(44(19)60-22)27-31(47)37(53)42(58)38(54)32(27)48/h1-13H. The lowest BCUT2D eigenvalue weighted by atomic mass is 9.59. The van der Waals surface area contributed by atoms with Crippen LogP contribution < -0.4 is 81.9 Å². The molecule has 0 bridgehead atoms. The molecule has 9 rings (SSSR count). The van der Waals surface area contributed by atoms with E-state index in [1.165, 1.54) is 0 Å². The minimum absolute atomic E-state index is 0.0822. The summed E-state index contributed by atoms with van der Waals surface area (Å²) in [5.74, 6) is 0. The topological polar surface area (TPSA) is 13.1 Å². The van der Waals surface area contributed by atoms with Gasteiger partial charge < -0.3 is 4.42 Å². The van der Waals surface area contributed by atoms with E-state index >= 15 is 0 Å². The van der Waals surface area contributed by atoms with E-state index in [0.717, 1.165) is 38.1 Å². The molecule has 240 valence electrons. The Bertz CT molecular complexity index is 3300. The summed E-state index contributed by atoms with van der Waals surface area (Å²) in [6.07, 6.45) is 0. The van der Waals surface area contributed by atoms with E-state index in [-0.39, 0.29) is 81.9 Å². The van der Waals surface area contributed by atoms with Crippen molar-refractivity contribution in [3.8, 4) is 44.5 Å². The molecule has 0 atom stereocenters. The second-order valence-electron chi connectivity index (χ2n) is 14.8. The van der Waals surface area contributed by atoms with Crippen molar-refractivity contribution in [3.05, 3.63) is 78.9 Å². The second-order valence-corrected chi connectivity index (χ2v) is 14.8. The van der Waals surface area contributed by atoms with Gasteiger partial charge in [0, 0.05) is 16.3 Å². The summed E-state index contributed by atoms with van der Waals surface area (Å²) in [4.78, 5) is 0. The maximum Gasteiger partial charge on any atom is 0.143 e. The third-order valence-corrected chi connectivity index (χ3v) is 11.7. The van der Waals surface area contributed by atoms with Crippen molar-refractivity contribution in [1.82, 2.24) is 0 Å². The first kappa shape index (κ1) is 40.5. The van der Waals surface area contributed by atoms with E-state index in [1.807, 2.05) is 78.9 Å². The Labute approximate surface area is 368 Å². The van der Waals surface area contributed by atoms with E-state index in [1.54, 1.807) is 0 Å². The maximum absolute atomic E-state index is 6.82. The van der Waals surface area contributed by atoms with Crippen molar-refractivity contribution in [2.75, 3.05) is 0 Å². The van der Waals surface area contributed by atoms with Gasteiger partial charge in [0.1, 0.15) is 129 Å². The fourth-order valence-corrected chi connectivity index (χ4v) is 8.57. The van der Waals surface area contributed by atoms with Crippen LogP contribution in [-0.2, 0) is 0 Å². The van der Waals surface area contributed by atoms with Gasteiger partial charge in [-0.2, -0.15) is 0 Å². The van der Waals surface area contributed by atoms with Gasteiger partial charge in [-0.05, 0) is 72.6 Å². The van der Waals surface area contributed by atoms with Crippen LogP contribution in [0.1, 0.15) is 0 Å². The Kier molecular flexibility index (Phi) is 9.85. The monoisotopic (exact) mass is 722 g/mol. The number of para-hydroxylation sites is 1. The van der Waals surface area contributed by atoms with Crippen molar-refractivity contribution >= 4 is 243 Å². The van der Waals surface area contributed by atoms with Crippen molar-refractivity contribution in [3.63, 3.8) is 0 Å². The van der Waals surface area contributed by atoms with Crippen LogP contribution in [0.15, 0.2) is 83.3 Å². The van der Waals surface area contributed by atoms with Gasteiger partial charge in [-0.1, -0.05) is 99.5 Å². The molecule has 1 aromatic heterocycles. The minimum Gasteiger partial charge on any atom is -0.455 e. The molecule has 0 fully saturated rings. The summed E-state index contributed by atoms with van der Waals surface area (Å²) in [5, 5.41) is 4.62. The van der Waals surface area contributed by atoms with Crippen LogP contribution in [-0.4, -0.2) is 118 Å². The van der Waals surface area contributed by atoms with Gasteiger partial charge >= 0.3 is 0 Å². The number of benzene rings is 8. The van der Waals surface area contributed by atoms with Crippen LogP contribution in [0, 0.1) is 0 Å². The van der Waals surface area contributed by atoms with Gasteiger partial charge in [0.25, 0.3) is 0 Å². The Morgan fingerprint density at radius 2 is 0.700 bits per heavy atom. The fraction of sp³-hybridized carbons (Fsp3) is 0. The highest BCUT2D eigenvalue weighted by Crippen LogP contribution is 2.47. The molecule has 0 N–H and O–H groups in total. The van der Waals surface area contributed by atoms with Crippen molar-refractivity contribution < 1.29 is 4.42 Å². The maximum atomic E-state index is 6.82. The lowest BCUT2D eigenvalue weighted by Gasteiger charge is -2.26. The Morgan fingerprint density at radius 3 is 1.25 bits per heavy atom. The van der Waals surface area contributed by atoms with Gasteiger partial charge in [-0.3, -0.25) is 0 Å². The van der Waals surface area contributed by atoms with Crippen LogP contribution >= 0.6 is 0 Å². The third-order valence-electron chi connectivity index (χ3n) is 11.7. The van der Waals surface area contributed by atoms with E-state index in [9.17, 15) is 0 Å². The molecule has 16 heteroatoms. The predicted molar refractivity (Wildman–Crippen MR) is 271 cm³/mol. The minimum atomic E-state index is 0.0822. The van der Waals surface area contributed by atoms with Crippen molar-refractivity contribution in [1.29, 1.82) is 0 Å². The molecule has 1 nitrogen and oxygen atoms in total. The van der Waals surface area contributed by atoms with Gasteiger partial charge in [-0.25, -0.2) is 0 Å². The van der Waals surface area contributed by atoms with Crippen LogP contribution in [0.25, 0.3) is 88.0 Å². The second kappa shape index (κ2) is 14.6. The van der Waals surface area contributed by atoms with Crippen LogP contribution in [0.5, 0.6) is 0 Å². The van der Waals surface area contributed by atoms with Gasteiger partial charge in [-0.15, -0.1) is 49.2 Å². The summed E-state index contributed by atoms with van der Waals surface area (Å²) in [5.41, 5.74) is 7.73. The number of fused-ring (bicyclic) bond motifs is 5. The summed E-state index contributed by atoms with van der Waals surface area (Å²) >= 11 is 0. The van der Waals surface area contributed by atoms with E-state index in [0.29, 0.717) is 49.9 Å². The third kappa shape index (κ3) is 5.68. The molecule has 0 saturated heterocycles. The molecular weight excluding hydrogens is 707 g/mol. The summed E-state index contributed by atoms with van der Waals surface area (Å²) in [7, 11) is 97.0. The molecule has 9 aromatic rings. The quantitative estimate of drug-likeness (QED) is 0.131. The van der Waals surface area contributed by atoms with Crippen LogP contribution in [0.2, 0.25) is 0 Å². The number of rotatable bonds is 4. The highest BCUT2D eigenvalue weighted by Gasteiger charge is 2.25. The first-order valence-corrected chi connectivity index (χ1v) is 18.5. The smallest absolute Gasteiger partial charge is 0.143 e. The van der Waals surface area contributed by atoms with Gasteiger partial charge in [0.2, 0.25) is 0 Å². The fourth-order valence-electron chi connectivity index (χ4n) is 8.57. The Hall–Kier alpha value is -4.95. The largest absolute Gasteiger partial charge is 0.455 e. The zero-order valence-electron chi connectivity index (χ0n) is 32.1. The molecule has 30 radical (unpaired) electrons. The predicted octanol–water partition coefficient (Wildman–Crippen LogP) is -5.53. The van der Waals surface area contributed by atoms with Crippen LogP contribution in [0.4, 0.5) is 0 Å². The molecule has 60 heavy (non-hydrogen) atoms. The van der Waals surface area contributed by atoms with E-state index < -0.39 is 0 Å². The summed E-state index contributed by atoms with van der Waals surface area (Å²) < 4.78 is 6.68. The molecule has 0 unspecified atom stereocenters. The van der Waals surface area contributed by atoms with E-state index in [2.05, 4.69) is 0 Å². The SMILES string of the molecule is [B]c1c([B])c([B])c(-c2ccc3c(-c4cccc5oc6c(-c7c([B])c([B])c([B])c([B])c7[B])cccc6c45)c4ccccc4c(-c4c([B])c([B])c([B])c([B])c4[B])c3c2)c([B])c1[B]. The summed E-state index contributed by atoms with van der Waals surface area (Å²) in [6.45, 7) is 0. The molecule has 0 spiro atoms. The van der Waals surface area contributed by atoms with Crippen LogP contribution in [0.3, 0.4) is 0 Å². The Morgan fingerprint density at radius 1 is 0.283 bits per heavy atom. The highest BCUT2D eigenvalue weighted by molar-refractivity contribution is 6.71. The number of hydrogen-bond donors (Lipinski definition) is 0. The first-order chi connectivity index (χ1) is 28.6. The molecular formula is C44H13B15O. The van der Waals surface area contributed by atoms with Gasteiger partial charge in [0.15, 0.2) is 0 Å². The number of furan rings is 1. The first-order valence-electron chi connectivity index (χ1n) is 18.5. The molecule has 0 aliphatic carbocycles. The lowest BCUT2D eigenvalue weighted by Crippen LogP contribution is -2.55. The lowest BCUT2D eigenvalue weighted by molar-refractivity contribution is 0.670. The average molecular weight is 720 g/mol.